The molecule has 0 aliphatic heterocycles. The molecule has 4 heteroatoms. The highest BCUT2D eigenvalue weighted by molar-refractivity contribution is 5.45. The van der Waals surface area contributed by atoms with Gasteiger partial charge in [-0.1, -0.05) is 12.1 Å². The Labute approximate surface area is 103 Å². The third kappa shape index (κ3) is 4.24. The minimum Gasteiger partial charge on any atom is -0.504 e. The summed E-state index contributed by atoms with van der Waals surface area (Å²) in [4.78, 5) is 0. The second kappa shape index (κ2) is 7.14. The molecule has 0 aliphatic rings. The van der Waals surface area contributed by atoms with E-state index in [9.17, 15) is 5.11 Å². The summed E-state index contributed by atoms with van der Waals surface area (Å²) in [5, 5.41) is 13.2. The fourth-order valence-corrected chi connectivity index (χ4v) is 1.48. The number of rotatable bonds is 7. The number of methoxy groups -OCH3 is 1. The van der Waals surface area contributed by atoms with Crippen LogP contribution in [0.15, 0.2) is 18.2 Å². The molecular weight excluding hydrogens is 218 g/mol. The van der Waals surface area contributed by atoms with Crippen LogP contribution in [0.1, 0.15) is 19.4 Å². The van der Waals surface area contributed by atoms with Gasteiger partial charge >= 0.3 is 0 Å². The Morgan fingerprint density at radius 3 is 2.82 bits per heavy atom. The zero-order chi connectivity index (χ0) is 12.7. The van der Waals surface area contributed by atoms with E-state index < -0.39 is 0 Å². The molecule has 0 saturated heterocycles. The van der Waals surface area contributed by atoms with Gasteiger partial charge in [0.25, 0.3) is 0 Å². The third-order valence-electron chi connectivity index (χ3n) is 2.53. The van der Waals surface area contributed by atoms with Gasteiger partial charge in [0.15, 0.2) is 11.5 Å². The molecule has 0 spiro atoms. The zero-order valence-corrected chi connectivity index (χ0v) is 10.7. The van der Waals surface area contributed by atoms with Crippen LogP contribution in [0.5, 0.6) is 11.5 Å². The van der Waals surface area contributed by atoms with Gasteiger partial charge in [0.1, 0.15) is 0 Å². The van der Waals surface area contributed by atoms with Crippen LogP contribution in [0.3, 0.4) is 0 Å². The molecule has 1 unspecified atom stereocenters. The minimum absolute atomic E-state index is 0.159. The molecule has 4 nitrogen and oxygen atoms in total. The number of hydrogen-bond acceptors (Lipinski definition) is 4. The van der Waals surface area contributed by atoms with E-state index in [2.05, 4.69) is 5.32 Å². The van der Waals surface area contributed by atoms with E-state index in [0.29, 0.717) is 18.9 Å². The van der Waals surface area contributed by atoms with E-state index in [4.69, 9.17) is 9.47 Å². The van der Waals surface area contributed by atoms with Gasteiger partial charge in [-0.05, 0) is 19.9 Å². The van der Waals surface area contributed by atoms with Gasteiger partial charge in [-0.15, -0.1) is 0 Å². The Balaban J connectivity index is 2.56. The minimum atomic E-state index is 0.159. The molecule has 2 N–H and O–H groups in total. The Kier molecular flexibility index (Phi) is 5.80. The number of phenols is 1. The van der Waals surface area contributed by atoms with E-state index in [0.717, 1.165) is 12.1 Å². The standard InChI is InChI=1S/C13H21NO3/c1-4-17-12-7-5-6-11(13(12)15)9-14-8-10(2)16-3/h5-7,10,14-15H,4,8-9H2,1-3H3. The largest absolute Gasteiger partial charge is 0.504 e. The Morgan fingerprint density at radius 2 is 2.18 bits per heavy atom. The molecule has 0 aromatic heterocycles. The van der Waals surface area contributed by atoms with Crippen molar-refractivity contribution in [2.75, 3.05) is 20.3 Å². The maximum Gasteiger partial charge on any atom is 0.162 e. The van der Waals surface area contributed by atoms with Crippen molar-refractivity contribution < 1.29 is 14.6 Å². The molecule has 1 aromatic rings. The zero-order valence-electron chi connectivity index (χ0n) is 10.7. The van der Waals surface area contributed by atoms with Crippen molar-refractivity contribution in [1.82, 2.24) is 5.32 Å². The summed E-state index contributed by atoms with van der Waals surface area (Å²) in [6.07, 6.45) is 0.159. The van der Waals surface area contributed by atoms with Gasteiger partial charge in [-0.2, -0.15) is 0 Å². The summed E-state index contributed by atoms with van der Waals surface area (Å²) in [7, 11) is 1.68. The molecule has 0 bridgehead atoms. The summed E-state index contributed by atoms with van der Waals surface area (Å²) < 4.78 is 10.5. The van der Waals surface area contributed by atoms with Crippen LogP contribution in [-0.4, -0.2) is 31.5 Å². The van der Waals surface area contributed by atoms with Gasteiger partial charge in [0.2, 0.25) is 0 Å². The maximum absolute atomic E-state index is 9.95. The first-order valence-corrected chi connectivity index (χ1v) is 5.86. The van der Waals surface area contributed by atoms with Crippen LogP contribution in [0.25, 0.3) is 0 Å². The van der Waals surface area contributed by atoms with Crippen LogP contribution in [-0.2, 0) is 11.3 Å². The highest BCUT2D eigenvalue weighted by Crippen LogP contribution is 2.29. The van der Waals surface area contributed by atoms with E-state index in [1.54, 1.807) is 13.2 Å². The molecule has 0 radical (unpaired) electrons. The van der Waals surface area contributed by atoms with E-state index in [-0.39, 0.29) is 11.9 Å². The molecule has 0 saturated carbocycles. The summed E-state index contributed by atoms with van der Waals surface area (Å²) >= 11 is 0. The number of ether oxygens (including phenoxy) is 2. The third-order valence-corrected chi connectivity index (χ3v) is 2.53. The van der Waals surface area contributed by atoms with Gasteiger partial charge in [-0.3, -0.25) is 0 Å². The van der Waals surface area contributed by atoms with Gasteiger partial charge in [0.05, 0.1) is 12.7 Å². The molecule has 0 heterocycles. The molecule has 1 rings (SSSR count). The number of hydrogen-bond donors (Lipinski definition) is 2. The number of phenolic OH excluding ortho intramolecular Hbond substituents is 1. The molecule has 1 atom stereocenters. The predicted octanol–water partition coefficient (Wildman–Crippen LogP) is 1.92. The summed E-state index contributed by atoms with van der Waals surface area (Å²) in [5.74, 6) is 0.749. The van der Waals surface area contributed by atoms with Crippen LogP contribution in [0, 0.1) is 0 Å². The van der Waals surface area contributed by atoms with Crippen molar-refractivity contribution in [3.8, 4) is 11.5 Å². The first-order chi connectivity index (χ1) is 8.19. The first kappa shape index (κ1) is 13.8. The lowest BCUT2D eigenvalue weighted by molar-refractivity contribution is 0.117. The Bertz CT molecular complexity index is 341. The normalized spacial score (nSPS) is 12.4. The average molecular weight is 239 g/mol. The lowest BCUT2D eigenvalue weighted by Gasteiger charge is -2.13. The number of aromatic hydroxyl groups is 1. The van der Waals surface area contributed by atoms with E-state index >= 15 is 0 Å². The summed E-state index contributed by atoms with van der Waals surface area (Å²) in [6, 6.07) is 5.52. The highest BCUT2D eigenvalue weighted by Gasteiger charge is 2.07. The van der Waals surface area contributed by atoms with Crippen molar-refractivity contribution in [2.45, 2.75) is 26.5 Å². The van der Waals surface area contributed by atoms with Crippen LogP contribution in [0.4, 0.5) is 0 Å². The Hall–Kier alpha value is -1.26. The molecule has 1 aromatic carbocycles. The van der Waals surface area contributed by atoms with Crippen molar-refractivity contribution in [1.29, 1.82) is 0 Å². The molecule has 17 heavy (non-hydrogen) atoms. The first-order valence-electron chi connectivity index (χ1n) is 5.86. The summed E-state index contributed by atoms with van der Waals surface area (Å²) in [5.41, 5.74) is 0.833. The number of benzene rings is 1. The molecular formula is C13H21NO3. The fourth-order valence-electron chi connectivity index (χ4n) is 1.48. The van der Waals surface area contributed by atoms with Crippen LogP contribution >= 0.6 is 0 Å². The molecule has 0 aliphatic carbocycles. The van der Waals surface area contributed by atoms with Gasteiger partial charge < -0.3 is 19.9 Å². The molecule has 96 valence electrons. The van der Waals surface area contributed by atoms with Gasteiger partial charge in [0, 0.05) is 25.8 Å². The van der Waals surface area contributed by atoms with Crippen molar-refractivity contribution in [3.63, 3.8) is 0 Å². The number of para-hydroxylation sites is 1. The molecule has 0 fully saturated rings. The SMILES string of the molecule is CCOc1cccc(CNCC(C)OC)c1O. The maximum atomic E-state index is 9.95. The van der Waals surface area contributed by atoms with Crippen molar-refractivity contribution in [3.05, 3.63) is 23.8 Å². The quantitative estimate of drug-likeness (QED) is 0.763. The smallest absolute Gasteiger partial charge is 0.162 e. The topological polar surface area (TPSA) is 50.7 Å². The average Bonchev–Trinajstić information content (AvgIpc) is 2.33. The van der Waals surface area contributed by atoms with Crippen LogP contribution < -0.4 is 10.1 Å². The van der Waals surface area contributed by atoms with E-state index in [1.165, 1.54) is 0 Å². The summed E-state index contributed by atoms with van der Waals surface area (Å²) in [6.45, 7) is 5.77. The second-order valence-corrected chi connectivity index (χ2v) is 3.87. The fraction of sp³-hybridized carbons (Fsp3) is 0.538. The monoisotopic (exact) mass is 239 g/mol. The number of nitrogens with one attached hydrogen (secondary N) is 1. The van der Waals surface area contributed by atoms with Crippen LogP contribution in [0.2, 0.25) is 0 Å². The van der Waals surface area contributed by atoms with Gasteiger partial charge in [-0.25, -0.2) is 0 Å². The predicted molar refractivity (Wildman–Crippen MR) is 67.5 cm³/mol. The lowest BCUT2D eigenvalue weighted by Crippen LogP contribution is -2.25. The highest BCUT2D eigenvalue weighted by atomic mass is 16.5. The molecule has 0 amide bonds. The second-order valence-electron chi connectivity index (χ2n) is 3.87. The Morgan fingerprint density at radius 1 is 1.41 bits per heavy atom. The van der Waals surface area contributed by atoms with Crippen molar-refractivity contribution >= 4 is 0 Å². The lowest BCUT2D eigenvalue weighted by atomic mass is 10.2. The van der Waals surface area contributed by atoms with Crippen molar-refractivity contribution in [2.24, 2.45) is 0 Å². The van der Waals surface area contributed by atoms with E-state index in [1.807, 2.05) is 26.0 Å².